The average Bonchev–Trinajstić information content (AvgIpc) is 2.29. The number of rotatable bonds is 6. The highest BCUT2D eigenvalue weighted by Crippen LogP contribution is 2.13. The lowest BCUT2D eigenvalue weighted by atomic mass is 10.2. The van der Waals surface area contributed by atoms with E-state index in [0.717, 1.165) is 5.82 Å². The Morgan fingerprint density at radius 1 is 1.44 bits per heavy atom. The van der Waals surface area contributed by atoms with Gasteiger partial charge < -0.3 is 4.90 Å². The quantitative estimate of drug-likeness (QED) is 0.541. The standard InChI is InChI=1S/C13H16N2O/c1-4-8-15(9-5-2)13-10-12(11(3)16)6-7-14-13/h4-7,10H,1-2,8-9H2,3H3. The highest BCUT2D eigenvalue weighted by atomic mass is 16.1. The van der Waals surface area contributed by atoms with Crippen LogP contribution in [0.4, 0.5) is 5.82 Å². The minimum absolute atomic E-state index is 0.0424. The van der Waals surface area contributed by atoms with Gasteiger partial charge in [-0.2, -0.15) is 0 Å². The van der Waals surface area contributed by atoms with Crippen molar-refractivity contribution in [1.29, 1.82) is 0 Å². The number of Topliss-reactive ketones (excluding diaryl/α,β-unsaturated/α-hetero) is 1. The summed E-state index contributed by atoms with van der Waals surface area (Å²) in [5.41, 5.74) is 0.670. The first kappa shape index (κ1) is 12.2. The Bertz CT molecular complexity index is 389. The maximum absolute atomic E-state index is 11.2. The van der Waals surface area contributed by atoms with Gasteiger partial charge in [0, 0.05) is 24.8 Å². The summed E-state index contributed by atoms with van der Waals surface area (Å²) in [5.74, 6) is 0.813. The van der Waals surface area contributed by atoms with Crippen LogP contribution in [-0.2, 0) is 0 Å². The van der Waals surface area contributed by atoms with Crippen molar-refractivity contribution in [3.63, 3.8) is 0 Å². The lowest BCUT2D eigenvalue weighted by Crippen LogP contribution is -2.24. The third kappa shape index (κ3) is 3.05. The van der Waals surface area contributed by atoms with Crippen molar-refractivity contribution in [3.8, 4) is 0 Å². The Morgan fingerprint density at radius 3 is 2.56 bits per heavy atom. The van der Waals surface area contributed by atoms with Gasteiger partial charge in [-0.25, -0.2) is 4.98 Å². The number of nitrogens with zero attached hydrogens (tertiary/aromatic N) is 2. The lowest BCUT2D eigenvalue weighted by Gasteiger charge is -2.20. The van der Waals surface area contributed by atoms with E-state index in [1.165, 1.54) is 0 Å². The number of aromatic nitrogens is 1. The number of pyridine rings is 1. The molecule has 0 aliphatic rings. The Hall–Kier alpha value is -1.90. The van der Waals surface area contributed by atoms with Crippen LogP contribution in [0.2, 0.25) is 0 Å². The zero-order chi connectivity index (χ0) is 12.0. The van der Waals surface area contributed by atoms with Gasteiger partial charge in [0.05, 0.1) is 0 Å². The molecule has 0 atom stereocenters. The van der Waals surface area contributed by atoms with Crippen LogP contribution in [0.25, 0.3) is 0 Å². The first-order valence-corrected chi connectivity index (χ1v) is 5.12. The predicted molar refractivity (Wildman–Crippen MR) is 66.8 cm³/mol. The molecule has 0 aliphatic heterocycles. The summed E-state index contributed by atoms with van der Waals surface area (Å²) in [6.45, 7) is 10.3. The molecular formula is C13H16N2O. The molecule has 0 amide bonds. The summed E-state index contributed by atoms with van der Waals surface area (Å²) < 4.78 is 0. The maximum atomic E-state index is 11.2. The first-order valence-electron chi connectivity index (χ1n) is 5.12. The molecule has 1 aromatic rings. The van der Waals surface area contributed by atoms with Crippen LogP contribution < -0.4 is 4.90 Å². The minimum atomic E-state index is 0.0424. The van der Waals surface area contributed by atoms with Crippen LogP contribution >= 0.6 is 0 Å². The van der Waals surface area contributed by atoms with Crippen LogP contribution in [0, 0.1) is 0 Å². The molecule has 0 N–H and O–H groups in total. The van der Waals surface area contributed by atoms with E-state index in [-0.39, 0.29) is 5.78 Å². The summed E-state index contributed by atoms with van der Waals surface area (Å²) in [6.07, 6.45) is 5.24. The fourth-order valence-electron chi connectivity index (χ4n) is 1.38. The highest BCUT2D eigenvalue weighted by Gasteiger charge is 2.06. The van der Waals surface area contributed by atoms with Gasteiger partial charge in [0.2, 0.25) is 0 Å². The van der Waals surface area contributed by atoms with Gasteiger partial charge in [-0.15, -0.1) is 13.2 Å². The summed E-state index contributed by atoms with van der Waals surface area (Å²) in [4.78, 5) is 17.5. The Labute approximate surface area is 96.1 Å². The van der Waals surface area contributed by atoms with E-state index < -0.39 is 0 Å². The molecule has 0 aliphatic carbocycles. The maximum Gasteiger partial charge on any atom is 0.159 e. The van der Waals surface area contributed by atoms with Crippen LogP contribution in [0.3, 0.4) is 0 Å². The molecule has 0 bridgehead atoms. The first-order chi connectivity index (χ1) is 7.69. The normalized spacial score (nSPS) is 9.56. The van der Waals surface area contributed by atoms with Crippen molar-refractivity contribution >= 4 is 11.6 Å². The van der Waals surface area contributed by atoms with Gasteiger partial charge in [-0.1, -0.05) is 12.2 Å². The number of hydrogen-bond acceptors (Lipinski definition) is 3. The van der Waals surface area contributed by atoms with Crippen molar-refractivity contribution < 1.29 is 4.79 Å². The molecule has 84 valence electrons. The zero-order valence-corrected chi connectivity index (χ0v) is 9.52. The monoisotopic (exact) mass is 216 g/mol. The zero-order valence-electron chi connectivity index (χ0n) is 9.52. The van der Waals surface area contributed by atoms with E-state index in [1.807, 2.05) is 4.90 Å². The van der Waals surface area contributed by atoms with Crippen LogP contribution in [-0.4, -0.2) is 23.9 Å². The molecule has 0 unspecified atom stereocenters. The fraction of sp³-hybridized carbons (Fsp3) is 0.231. The van der Waals surface area contributed by atoms with Gasteiger partial charge in [-0.05, 0) is 19.1 Å². The Kier molecular flexibility index (Phi) is 4.45. The largest absolute Gasteiger partial charge is 0.349 e. The number of anilines is 1. The smallest absolute Gasteiger partial charge is 0.159 e. The summed E-state index contributed by atoms with van der Waals surface area (Å²) >= 11 is 0. The molecule has 0 saturated heterocycles. The van der Waals surface area contributed by atoms with Crippen molar-refractivity contribution in [1.82, 2.24) is 4.98 Å². The molecule has 0 radical (unpaired) electrons. The summed E-state index contributed by atoms with van der Waals surface area (Å²) in [7, 11) is 0. The van der Waals surface area contributed by atoms with Gasteiger partial charge in [0.25, 0.3) is 0 Å². The summed E-state index contributed by atoms with van der Waals surface area (Å²) in [6, 6.07) is 3.50. The highest BCUT2D eigenvalue weighted by molar-refractivity contribution is 5.94. The number of carbonyl (C=O) groups is 1. The van der Waals surface area contributed by atoms with Crippen LogP contribution in [0.15, 0.2) is 43.6 Å². The van der Waals surface area contributed by atoms with Gasteiger partial charge >= 0.3 is 0 Å². The Balaban J connectivity index is 2.98. The second-order valence-corrected chi connectivity index (χ2v) is 3.44. The SMILES string of the molecule is C=CCN(CC=C)c1cc(C(C)=O)ccn1. The summed E-state index contributed by atoms with van der Waals surface area (Å²) in [5, 5.41) is 0. The third-order valence-electron chi connectivity index (χ3n) is 2.17. The van der Waals surface area contributed by atoms with Gasteiger partial charge in [-0.3, -0.25) is 4.79 Å². The second-order valence-electron chi connectivity index (χ2n) is 3.44. The van der Waals surface area contributed by atoms with E-state index in [2.05, 4.69) is 18.1 Å². The van der Waals surface area contributed by atoms with Crippen LogP contribution in [0.5, 0.6) is 0 Å². The second kappa shape index (κ2) is 5.85. The molecule has 0 fully saturated rings. The van der Waals surface area contributed by atoms with Gasteiger partial charge in [0.15, 0.2) is 5.78 Å². The van der Waals surface area contributed by atoms with Crippen molar-refractivity contribution in [3.05, 3.63) is 49.2 Å². The van der Waals surface area contributed by atoms with E-state index in [4.69, 9.17) is 0 Å². The number of carbonyl (C=O) groups excluding carboxylic acids is 1. The lowest BCUT2D eigenvalue weighted by molar-refractivity contribution is 0.101. The van der Waals surface area contributed by atoms with Crippen molar-refractivity contribution in [2.24, 2.45) is 0 Å². The van der Waals surface area contributed by atoms with Crippen molar-refractivity contribution in [2.75, 3.05) is 18.0 Å². The third-order valence-corrected chi connectivity index (χ3v) is 2.17. The average molecular weight is 216 g/mol. The molecule has 1 aromatic heterocycles. The molecule has 3 heteroatoms. The topological polar surface area (TPSA) is 33.2 Å². The van der Waals surface area contributed by atoms with Crippen LogP contribution in [0.1, 0.15) is 17.3 Å². The molecule has 0 saturated carbocycles. The predicted octanol–water partition coefficient (Wildman–Crippen LogP) is 2.46. The van der Waals surface area contributed by atoms with E-state index in [1.54, 1.807) is 37.4 Å². The molecule has 1 heterocycles. The molecule has 3 nitrogen and oxygen atoms in total. The van der Waals surface area contributed by atoms with Crippen molar-refractivity contribution in [2.45, 2.75) is 6.92 Å². The molecule has 0 aromatic carbocycles. The molecule has 16 heavy (non-hydrogen) atoms. The molecule has 0 spiro atoms. The van der Waals surface area contributed by atoms with E-state index >= 15 is 0 Å². The number of hydrogen-bond donors (Lipinski definition) is 0. The van der Waals surface area contributed by atoms with Gasteiger partial charge in [0.1, 0.15) is 5.82 Å². The molecule has 1 rings (SSSR count). The minimum Gasteiger partial charge on any atom is -0.349 e. The molecular weight excluding hydrogens is 200 g/mol. The van der Waals surface area contributed by atoms with E-state index in [0.29, 0.717) is 18.7 Å². The number of ketones is 1. The fourth-order valence-corrected chi connectivity index (χ4v) is 1.38. The Morgan fingerprint density at radius 2 is 2.06 bits per heavy atom. The van der Waals surface area contributed by atoms with E-state index in [9.17, 15) is 4.79 Å².